The van der Waals surface area contributed by atoms with Gasteiger partial charge < -0.3 is 5.32 Å². The zero-order chi connectivity index (χ0) is 18.6. The second-order valence-corrected chi connectivity index (χ2v) is 9.36. The minimum atomic E-state index is 0.215. The maximum Gasteiger partial charge on any atom is 0.224 e. The number of benzene rings is 1. The summed E-state index contributed by atoms with van der Waals surface area (Å²) in [4.78, 5) is 19.0. The van der Waals surface area contributed by atoms with E-state index in [0.717, 1.165) is 19.5 Å². The second kappa shape index (κ2) is 8.97. The topological polar surface area (TPSA) is 35.6 Å². The van der Waals surface area contributed by atoms with Crippen LogP contribution in [0, 0.1) is 5.92 Å². The Kier molecular flexibility index (Phi) is 6.41. The van der Waals surface area contributed by atoms with E-state index in [4.69, 9.17) is 0 Å². The SMILES string of the molecule is CSc1cccc(CN2CCC(N3CCC[C@H](C(=O)NC4CC4)C3)CC2)c1. The van der Waals surface area contributed by atoms with Crippen LogP contribution in [0.1, 0.15) is 44.1 Å². The molecule has 2 heterocycles. The summed E-state index contributed by atoms with van der Waals surface area (Å²) in [6.07, 6.45) is 9.21. The van der Waals surface area contributed by atoms with Crippen molar-refractivity contribution < 1.29 is 4.79 Å². The Labute approximate surface area is 168 Å². The molecule has 0 spiro atoms. The number of nitrogens with zero attached hydrogens (tertiary/aromatic N) is 2. The number of rotatable bonds is 6. The summed E-state index contributed by atoms with van der Waals surface area (Å²) in [5.74, 6) is 0.528. The third-order valence-corrected chi connectivity index (χ3v) is 7.09. The van der Waals surface area contributed by atoms with Crippen LogP contribution in [0.15, 0.2) is 29.2 Å². The van der Waals surface area contributed by atoms with Crippen LogP contribution in [0.3, 0.4) is 0 Å². The van der Waals surface area contributed by atoms with E-state index in [0.29, 0.717) is 18.0 Å². The number of hydrogen-bond acceptors (Lipinski definition) is 4. The van der Waals surface area contributed by atoms with E-state index in [2.05, 4.69) is 45.6 Å². The molecule has 1 aromatic carbocycles. The zero-order valence-electron chi connectivity index (χ0n) is 16.5. The Morgan fingerprint density at radius 3 is 2.70 bits per heavy atom. The summed E-state index contributed by atoms with van der Waals surface area (Å²) in [7, 11) is 0. The molecule has 1 atom stereocenters. The summed E-state index contributed by atoms with van der Waals surface area (Å²) >= 11 is 1.82. The van der Waals surface area contributed by atoms with E-state index in [1.165, 1.54) is 62.2 Å². The van der Waals surface area contributed by atoms with Crippen molar-refractivity contribution in [2.24, 2.45) is 5.92 Å². The Morgan fingerprint density at radius 2 is 1.96 bits per heavy atom. The molecule has 0 bridgehead atoms. The molecule has 0 radical (unpaired) electrons. The van der Waals surface area contributed by atoms with E-state index in [-0.39, 0.29) is 5.92 Å². The van der Waals surface area contributed by atoms with Gasteiger partial charge in [-0.2, -0.15) is 0 Å². The lowest BCUT2D eigenvalue weighted by molar-refractivity contribution is -0.127. The molecular weight excluding hydrogens is 354 g/mol. The first-order chi connectivity index (χ1) is 13.2. The molecule has 0 unspecified atom stereocenters. The molecule has 0 aromatic heterocycles. The van der Waals surface area contributed by atoms with Crippen molar-refractivity contribution in [3.8, 4) is 0 Å². The largest absolute Gasteiger partial charge is 0.353 e. The van der Waals surface area contributed by atoms with Crippen LogP contribution in [-0.4, -0.2) is 60.2 Å². The molecule has 4 nitrogen and oxygen atoms in total. The van der Waals surface area contributed by atoms with Crippen molar-refractivity contribution >= 4 is 17.7 Å². The molecule has 3 fully saturated rings. The van der Waals surface area contributed by atoms with Crippen LogP contribution >= 0.6 is 11.8 Å². The van der Waals surface area contributed by atoms with Crippen LogP contribution in [0.25, 0.3) is 0 Å². The number of nitrogens with one attached hydrogen (secondary N) is 1. The van der Waals surface area contributed by atoms with Crippen molar-refractivity contribution in [3.63, 3.8) is 0 Å². The summed E-state index contributed by atoms with van der Waals surface area (Å²) in [5, 5.41) is 3.22. The first kappa shape index (κ1) is 19.3. The third kappa shape index (κ3) is 5.27. The average Bonchev–Trinajstić information content (AvgIpc) is 3.53. The summed E-state index contributed by atoms with van der Waals surface area (Å²) < 4.78 is 0. The van der Waals surface area contributed by atoms with E-state index in [1.54, 1.807) is 0 Å². The van der Waals surface area contributed by atoms with Crippen LogP contribution < -0.4 is 5.32 Å². The highest BCUT2D eigenvalue weighted by atomic mass is 32.2. The third-order valence-electron chi connectivity index (χ3n) is 6.36. The van der Waals surface area contributed by atoms with E-state index >= 15 is 0 Å². The number of thioether (sulfide) groups is 1. The number of hydrogen-bond donors (Lipinski definition) is 1. The quantitative estimate of drug-likeness (QED) is 0.759. The fourth-order valence-electron chi connectivity index (χ4n) is 4.57. The highest BCUT2D eigenvalue weighted by molar-refractivity contribution is 7.98. The minimum Gasteiger partial charge on any atom is -0.353 e. The van der Waals surface area contributed by atoms with Gasteiger partial charge >= 0.3 is 0 Å². The molecule has 1 saturated carbocycles. The van der Waals surface area contributed by atoms with Gasteiger partial charge in [0.2, 0.25) is 5.91 Å². The smallest absolute Gasteiger partial charge is 0.224 e. The molecular formula is C22H33N3OS. The maximum atomic E-state index is 12.4. The number of likely N-dealkylation sites (tertiary alicyclic amines) is 2. The first-order valence-corrected chi connectivity index (χ1v) is 11.8. The Bertz CT molecular complexity index is 640. The lowest BCUT2D eigenvalue weighted by atomic mass is 9.93. The molecule has 1 amide bonds. The van der Waals surface area contributed by atoms with Crippen LogP contribution in [-0.2, 0) is 11.3 Å². The Hall–Kier alpha value is -1.04. The molecule has 2 aliphatic heterocycles. The fraction of sp³-hybridized carbons (Fsp3) is 0.682. The van der Waals surface area contributed by atoms with Crippen molar-refractivity contribution in [1.82, 2.24) is 15.1 Å². The van der Waals surface area contributed by atoms with Gasteiger partial charge in [-0.25, -0.2) is 0 Å². The highest BCUT2D eigenvalue weighted by Crippen LogP contribution is 2.26. The molecule has 2 saturated heterocycles. The fourth-order valence-corrected chi connectivity index (χ4v) is 5.05. The molecule has 1 aromatic rings. The molecule has 27 heavy (non-hydrogen) atoms. The van der Waals surface area contributed by atoms with Gasteiger partial charge in [0.25, 0.3) is 0 Å². The normalized spacial score (nSPS) is 25.4. The molecule has 1 aliphatic carbocycles. The number of carbonyl (C=O) groups is 1. The van der Waals surface area contributed by atoms with E-state index in [1.807, 2.05) is 11.8 Å². The summed E-state index contributed by atoms with van der Waals surface area (Å²) in [5.41, 5.74) is 1.43. The van der Waals surface area contributed by atoms with Crippen LogP contribution in [0.4, 0.5) is 0 Å². The standard InChI is InChI=1S/C22H33N3OS/c1-27-21-6-2-4-17(14-21)15-24-12-9-20(10-13-24)25-11-3-5-18(16-25)22(26)23-19-7-8-19/h2,4,6,14,18-20H,3,5,7-13,15-16H2,1H3,(H,23,26)/t18-/m0/s1. The van der Waals surface area contributed by atoms with Gasteiger partial charge in [0, 0.05) is 30.1 Å². The molecule has 5 heteroatoms. The van der Waals surface area contributed by atoms with Gasteiger partial charge in [-0.15, -0.1) is 11.8 Å². The summed E-state index contributed by atoms with van der Waals surface area (Å²) in [6.45, 7) is 5.55. The van der Waals surface area contributed by atoms with Gasteiger partial charge in [-0.05, 0) is 82.1 Å². The molecule has 1 N–H and O–H groups in total. The zero-order valence-corrected chi connectivity index (χ0v) is 17.3. The number of amides is 1. The monoisotopic (exact) mass is 387 g/mol. The Morgan fingerprint density at radius 1 is 1.15 bits per heavy atom. The number of piperidine rings is 2. The van der Waals surface area contributed by atoms with Crippen molar-refractivity contribution in [1.29, 1.82) is 0 Å². The van der Waals surface area contributed by atoms with Gasteiger partial charge in [-0.3, -0.25) is 14.6 Å². The van der Waals surface area contributed by atoms with Crippen LogP contribution in [0.5, 0.6) is 0 Å². The molecule has 148 valence electrons. The number of carbonyl (C=O) groups excluding carboxylic acids is 1. The van der Waals surface area contributed by atoms with Crippen LogP contribution in [0.2, 0.25) is 0 Å². The Balaban J connectivity index is 1.25. The summed E-state index contributed by atoms with van der Waals surface area (Å²) in [6, 6.07) is 10.1. The molecule has 4 rings (SSSR count). The highest BCUT2D eigenvalue weighted by Gasteiger charge is 2.33. The van der Waals surface area contributed by atoms with Crippen molar-refractivity contribution in [3.05, 3.63) is 29.8 Å². The van der Waals surface area contributed by atoms with Gasteiger partial charge in [0.15, 0.2) is 0 Å². The van der Waals surface area contributed by atoms with Crippen molar-refractivity contribution in [2.75, 3.05) is 32.4 Å². The van der Waals surface area contributed by atoms with Gasteiger partial charge in [0.05, 0.1) is 5.92 Å². The predicted molar refractivity (Wildman–Crippen MR) is 112 cm³/mol. The predicted octanol–water partition coefficient (Wildman–Crippen LogP) is 3.36. The van der Waals surface area contributed by atoms with E-state index < -0.39 is 0 Å². The molecule has 3 aliphatic rings. The lowest BCUT2D eigenvalue weighted by Gasteiger charge is -2.42. The maximum absolute atomic E-state index is 12.4. The van der Waals surface area contributed by atoms with Crippen molar-refractivity contribution in [2.45, 2.75) is 62.0 Å². The van der Waals surface area contributed by atoms with E-state index in [9.17, 15) is 4.79 Å². The minimum absolute atomic E-state index is 0.215. The second-order valence-electron chi connectivity index (χ2n) is 8.48. The average molecular weight is 388 g/mol. The van der Waals surface area contributed by atoms with Gasteiger partial charge in [-0.1, -0.05) is 12.1 Å². The van der Waals surface area contributed by atoms with Gasteiger partial charge in [0.1, 0.15) is 0 Å². The lowest BCUT2D eigenvalue weighted by Crippen LogP contribution is -2.50. The first-order valence-electron chi connectivity index (χ1n) is 10.6.